The molecule has 4 rings (SSSR count). The largest absolute Gasteiger partial charge is 0.293 e. The van der Waals surface area contributed by atoms with E-state index < -0.39 is 0 Å². The summed E-state index contributed by atoms with van der Waals surface area (Å²) in [5.74, 6) is 0.163. The first-order chi connectivity index (χ1) is 11.7. The Morgan fingerprint density at radius 2 is 2.00 bits per heavy atom. The molecular formula is C18H22N4OS. The molecule has 2 aliphatic rings. The normalized spacial score (nSPS) is 18.7. The van der Waals surface area contributed by atoms with Crippen LogP contribution in [0.15, 0.2) is 23.4 Å². The van der Waals surface area contributed by atoms with Crippen molar-refractivity contribution >= 4 is 17.5 Å². The van der Waals surface area contributed by atoms with Crippen LogP contribution in [0.25, 0.3) is 0 Å². The number of carbonyl (C=O) groups excluding carboxylic acids is 1. The third kappa shape index (κ3) is 2.99. The molecule has 6 heteroatoms. The molecule has 0 aliphatic heterocycles. The van der Waals surface area contributed by atoms with Crippen LogP contribution in [0.2, 0.25) is 0 Å². The van der Waals surface area contributed by atoms with Crippen LogP contribution in [0, 0.1) is 0 Å². The molecule has 5 nitrogen and oxygen atoms in total. The minimum Gasteiger partial charge on any atom is -0.293 e. The van der Waals surface area contributed by atoms with E-state index in [9.17, 15) is 4.79 Å². The molecule has 0 spiro atoms. The van der Waals surface area contributed by atoms with Gasteiger partial charge in [-0.1, -0.05) is 36.7 Å². The Morgan fingerprint density at radius 1 is 1.21 bits per heavy atom. The summed E-state index contributed by atoms with van der Waals surface area (Å²) >= 11 is 1.48. The lowest BCUT2D eigenvalue weighted by atomic mass is 10.0. The molecule has 0 unspecified atom stereocenters. The fraction of sp³-hybridized carbons (Fsp3) is 0.556. The lowest BCUT2D eigenvalue weighted by molar-refractivity contribution is 0.0993. The molecule has 0 bridgehead atoms. The van der Waals surface area contributed by atoms with Gasteiger partial charge in [0.25, 0.3) is 0 Å². The number of hydrogen-bond donors (Lipinski definition) is 0. The number of ketones is 1. The number of thioether (sulfide) groups is 1. The SMILES string of the molecule is C[C@@H](Sc1nnnn1C1CCCC1)C(=O)c1ccc2c(c1)CCC2. The third-order valence-corrected chi connectivity index (χ3v) is 6.21. The Bertz CT molecular complexity index is 751. The second-order valence-electron chi connectivity index (χ2n) is 6.81. The van der Waals surface area contributed by atoms with Gasteiger partial charge in [-0.05, 0) is 66.6 Å². The summed E-state index contributed by atoms with van der Waals surface area (Å²) in [7, 11) is 0. The second-order valence-corrected chi connectivity index (χ2v) is 8.11. The van der Waals surface area contributed by atoms with Crippen molar-refractivity contribution in [1.29, 1.82) is 0 Å². The smallest absolute Gasteiger partial charge is 0.210 e. The minimum absolute atomic E-state index is 0.163. The molecule has 126 valence electrons. The Kier molecular flexibility index (Phi) is 4.39. The quantitative estimate of drug-likeness (QED) is 0.613. The first kappa shape index (κ1) is 15.8. The second kappa shape index (κ2) is 6.67. The molecule has 1 aromatic carbocycles. The van der Waals surface area contributed by atoms with Gasteiger partial charge in [-0.25, -0.2) is 4.68 Å². The van der Waals surface area contributed by atoms with Crippen molar-refractivity contribution in [3.8, 4) is 0 Å². The standard InChI is InChI=1S/C18H22N4OS/c1-12(17(23)15-10-9-13-5-4-6-14(13)11-15)24-18-19-20-21-22(18)16-7-2-3-8-16/h9-12,16H,2-8H2,1H3/t12-/m1/s1. The monoisotopic (exact) mass is 342 g/mol. The molecule has 1 aromatic heterocycles. The number of fused-ring (bicyclic) bond motifs is 1. The third-order valence-electron chi connectivity index (χ3n) is 5.17. The predicted molar refractivity (Wildman–Crippen MR) is 93.4 cm³/mol. The van der Waals surface area contributed by atoms with Crippen molar-refractivity contribution in [3.63, 3.8) is 0 Å². The summed E-state index contributed by atoms with van der Waals surface area (Å²) in [4.78, 5) is 12.8. The molecule has 1 heterocycles. The highest BCUT2D eigenvalue weighted by atomic mass is 32.2. The van der Waals surface area contributed by atoms with E-state index in [0.29, 0.717) is 6.04 Å². The summed E-state index contributed by atoms with van der Waals surface area (Å²) in [5, 5.41) is 12.7. The number of aromatic nitrogens is 4. The van der Waals surface area contributed by atoms with Crippen molar-refractivity contribution < 1.29 is 4.79 Å². The Morgan fingerprint density at radius 3 is 2.83 bits per heavy atom. The fourth-order valence-electron chi connectivity index (χ4n) is 3.81. The highest BCUT2D eigenvalue weighted by Gasteiger charge is 2.25. The van der Waals surface area contributed by atoms with Crippen molar-refractivity contribution in [2.45, 2.75) is 68.3 Å². The Balaban J connectivity index is 1.49. The zero-order valence-electron chi connectivity index (χ0n) is 13.9. The summed E-state index contributed by atoms with van der Waals surface area (Å²) in [5.41, 5.74) is 3.56. The first-order valence-corrected chi connectivity index (χ1v) is 9.71. The lowest BCUT2D eigenvalue weighted by Gasteiger charge is -2.14. The van der Waals surface area contributed by atoms with Gasteiger partial charge in [-0.2, -0.15) is 0 Å². The summed E-state index contributed by atoms with van der Waals surface area (Å²) in [6.45, 7) is 1.95. The van der Waals surface area contributed by atoms with Crippen LogP contribution in [-0.2, 0) is 12.8 Å². The molecule has 1 atom stereocenters. The van der Waals surface area contributed by atoms with Crippen LogP contribution in [0.5, 0.6) is 0 Å². The van der Waals surface area contributed by atoms with Gasteiger partial charge in [-0.3, -0.25) is 4.79 Å². The van der Waals surface area contributed by atoms with Gasteiger partial charge in [0.1, 0.15) is 0 Å². The summed E-state index contributed by atoms with van der Waals surface area (Å²) in [6, 6.07) is 6.57. The lowest BCUT2D eigenvalue weighted by Crippen LogP contribution is -2.16. The molecule has 2 aliphatic carbocycles. The molecule has 1 saturated carbocycles. The molecule has 0 amide bonds. The van der Waals surface area contributed by atoms with Crippen LogP contribution >= 0.6 is 11.8 Å². The van der Waals surface area contributed by atoms with Crippen LogP contribution in [0.1, 0.15) is 66.6 Å². The predicted octanol–water partition coefficient (Wildman–Crippen LogP) is 3.64. The van der Waals surface area contributed by atoms with Gasteiger partial charge in [0.05, 0.1) is 11.3 Å². The van der Waals surface area contributed by atoms with E-state index in [1.807, 2.05) is 17.7 Å². The summed E-state index contributed by atoms with van der Waals surface area (Å²) in [6.07, 6.45) is 8.17. The Labute approximate surface area is 146 Å². The molecule has 0 N–H and O–H groups in total. The number of nitrogens with zero attached hydrogens (tertiary/aromatic N) is 4. The van der Waals surface area contributed by atoms with E-state index in [2.05, 4.69) is 27.7 Å². The first-order valence-electron chi connectivity index (χ1n) is 8.83. The molecule has 0 radical (unpaired) electrons. The van der Waals surface area contributed by atoms with Gasteiger partial charge < -0.3 is 0 Å². The van der Waals surface area contributed by atoms with Gasteiger partial charge in [0.2, 0.25) is 5.16 Å². The Hall–Kier alpha value is -1.69. The number of benzene rings is 1. The average Bonchev–Trinajstić information content (AvgIpc) is 3.33. The van der Waals surface area contributed by atoms with Crippen molar-refractivity contribution in [2.24, 2.45) is 0 Å². The molecule has 24 heavy (non-hydrogen) atoms. The molecule has 2 aromatic rings. The maximum Gasteiger partial charge on any atom is 0.210 e. The number of rotatable bonds is 5. The molecule has 1 fully saturated rings. The van der Waals surface area contributed by atoms with Gasteiger partial charge in [-0.15, -0.1) is 5.10 Å². The van der Waals surface area contributed by atoms with E-state index >= 15 is 0 Å². The minimum atomic E-state index is -0.185. The van der Waals surface area contributed by atoms with E-state index in [1.54, 1.807) is 0 Å². The van der Waals surface area contributed by atoms with E-state index in [0.717, 1.165) is 36.4 Å². The fourth-order valence-corrected chi connectivity index (χ4v) is 4.75. The van der Waals surface area contributed by atoms with E-state index in [4.69, 9.17) is 0 Å². The van der Waals surface area contributed by atoms with Gasteiger partial charge >= 0.3 is 0 Å². The summed E-state index contributed by atoms with van der Waals surface area (Å²) < 4.78 is 1.92. The zero-order chi connectivity index (χ0) is 16.5. The van der Waals surface area contributed by atoms with Crippen molar-refractivity contribution in [2.75, 3.05) is 0 Å². The van der Waals surface area contributed by atoms with Gasteiger partial charge in [0, 0.05) is 5.56 Å². The van der Waals surface area contributed by atoms with Crippen molar-refractivity contribution in [1.82, 2.24) is 20.2 Å². The number of carbonyl (C=O) groups is 1. The maximum atomic E-state index is 12.8. The van der Waals surface area contributed by atoms with E-state index in [-0.39, 0.29) is 11.0 Å². The number of aryl methyl sites for hydroxylation is 2. The average molecular weight is 342 g/mol. The number of tetrazole rings is 1. The van der Waals surface area contributed by atoms with E-state index in [1.165, 1.54) is 42.2 Å². The zero-order valence-corrected chi connectivity index (χ0v) is 14.8. The number of Topliss-reactive ketones (excluding diaryl/α,β-unsaturated/α-hetero) is 1. The highest BCUT2D eigenvalue weighted by molar-refractivity contribution is 8.00. The van der Waals surface area contributed by atoms with Crippen LogP contribution in [0.3, 0.4) is 0 Å². The van der Waals surface area contributed by atoms with Crippen LogP contribution in [0.4, 0.5) is 0 Å². The van der Waals surface area contributed by atoms with Gasteiger partial charge in [0.15, 0.2) is 5.78 Å². The highest BCUT2D eigenvalue weighted by Crippen LogP contribution is 2.33. The maximum absolute atomic E-state index is 12.8. The van der Waals surface area contributed by atoms with Crippen LogP contribution in [-0.4, -0.2) is 31.2 Å². The van der Waals surface area contributed by atoms with Crippen molar-refractivity contribution in [3.05, 3.63) is 34.9 Å². The number of hydrogen-bond acceptors (Lipinski definition) is 5. The molecule has 0 saturated heterocycles. The van der Waals surface area contributed by atoms with Crippen LogP contribution < -0.4 is 0 Å². The topological polar surface area (TPSA) is 60.7 Å². The molecular weight excluding hydrogens is 320 g/mol.